The Kier molecular flexibility index (Phi) is 5.31. The molecule has 6 nitrogen and oxygen atoms in total. The summed E-state index contributed by atoms with van der Waals surface area (Å²) in [6, 6.07) is 5.50. The Balaban J connectivity index is 2.69. The van der Waals surface area contributed by atoms with Crippen molar-refractivity contribution in [2.24, 2.45) is 0 Å². The standard InChI is InChI=1S/C12H18N2O4S/c1-9(7-18-2)14-12(15)8-19(16,17)11-5-3-10(13)4-6-11/h3-6,9H,7-8,13H2,1-2H3,(H,14,15). The summed E-state index contributed by atoms with van der Waals surface area (Å²) in [7, 11) is -2.14. The first-order valence-electron chi connectivity index (χ1n) is 5.72. The van der Waals surface area contributed by atoms with Crippen molar-refractivity contribution >= 4 is 21.4 Å². The zero-order chi connectivity index (χ0) is 14.5. The maximum absolute atomic E-state index is 12.0. The summed E-state index contributed by atoms with van der Waals surface area (Å²) in [6.07, 6.45) is 0. The monoisotopic (exact) mass is 286 g/mol. The first-order valence-corrected chi connectivity index (χ1v) is 7.37. The molecule has 0 spiro atoms. The average Bonchev–Trinajstić information content (AvgIpc) is 2.28. The predicted molar refractivity (Wildman–Crippen MR) is 72.4 cm³/mol. The molecule has 7 heteroatoms. The molecule has 106 valence electrons. The number of methoxy groups -OCH3 is 1. The van der Waals surface area contributed by atoms with Crippen molar-refractivity contribution in [2.75, 3.05) is 25.2 Å². The molecule has 0 fully saturated rings. The van der Waals surface area contributed by atoms with Gasteiger partial charge in [0.2, 0.25) is 5.91 Å². The third kappa shape index (κ3) is 4.88. The molecule has 0 heterocycles. The number of carbonyl (C=O) groups excluding carboxylic acids is 1. The van der Waals surface area contributed by atoms with Crippen molar-refractivity contribution in [2.45, 2.75) is 17.9 Å². The van der Waals surface area contributed by atoms with Gasteiger partial charge in [-0.3, -0.25) is 4.79 Å². The summed E-state index contributed by atoms with van der Waals surface area (Å²) in [5.74, 6) is -1.15. The number of hydrogen-bond acceptors (Lipinski definition) is 5. The molecular formula is C12H18N2O4S. The second-order valence-corrected chi connectivity index (χ2v) is 6.24. The zero-order valence-electron chi connectivity index (χ0n) is 10.9. The number of nitrogen functional groups attached to an aromatic ring is 1. The van der Waals surface area contributed by atoms with E-state index in [0.717, 1.165) is 0 Å². The minimum Gasteiger partial charge on any atom is -0.399 e. The van der Waals surface area contributed by atoms with E-state index in [2.05, 4.69) is 5.32 Å². The van der Waals surface area contributed by atoms with E-state index < -0.39 is 21.5 Å². The molecule has 1 aromatic carbocycles. The number of benzene rings is 1. The van der Waals surface area contributed by atoms with Crippen molar-refractivity contribution in [3.63, 3.8) is 0 Å². The van der Waals surface area contributed by atoms with Crippen molar-refractivity contribution in [3.05, 3.63) is 24.3 Å². The summed E-state index contributed by atoms with van der Waals surface area (Å²) in [5.41, 5.74) is 5.95. The summed E-state index contributed by atoms with van der Waals surface area (Å²) in [5, 5.41) is 2.55. The van der Waals surface area contributed by atoms with E-state index in [4.69, 9.17) is 10.5 Å². The molecule has 0 aliphatic heterocycles. The lowest BCUT2D eigenvalue weighted by atomic mass is 10.3. The lowest BCUT2D eigenvalue weighted by Crippen LogP contribution is -2.39. The van der Waals surface area contributed by atoms with E-state index in [-0.39, 0.29) is 10.9 Å². The lowest BCUT2D eigenvalue weighted by Gasteiger charge is -2.12. The Bertz CT molecular complexity index is 525. The number of carbonyl (C=O) groups is 1. The summed E-state index contributed by atoms with van der Waals surface area (Å²) >= 11 is 0. The highest BCUT2D eigenvalue weighted by Gasteiger charge is 2.20. The van der Waals surface area contributed by atoms with E-state index in [9.17, 15) is 13.2 Å². The van der Waals surface area contributed by atoms with E-state index in [1.807, 2.05) is 0 Å². The van der Waals surface area contributed by atoms with Gasteiger partial charge in [0.1, 0.15) is 5.75 Å². The summed E-state index contributed by atoms with van der Waals surface area (Å²) < 4.78 is 28.8. The number of ether oxygens (including phenoxy) is 1. The first kappa shape index (κ1) is 15.5. The van der Waals surface area contributed by atoms with Crippen LogP contribution in [0.15, 0.2) is 29.2 Å². The van der Waals surface area contributed by atoms with Crippen LogP contribution in [-0.4, -0.2) is 39.8 Å². The Morgan fingerprint density at radius 2 is 1.95 bits per heavy atom. The van der Waals surface area contributed by atoms with Crippen LogP contribution < -0.4 is 11.1 Å². The average molecular weight is 286 g/mol. The molecule has 0 aliphatic rings. The summed E-state index contributed by atoms with van der Waals surface area (Å²) in [4.78, 5) is 11.7. The van der Waals surface area contributed by atoms with Crippen molar-refractivity contribution in [3.8, 4) is 0 Å². The van der Waals surface area contributed by atoms with Gasteiger partial charge in [0, 0.05) is 18.8 Å². The molecule has 1 aromatic rings. The van der Waals surface area contributed by atoms with Gasteiger partial charge < -0.3 is 15.8 Å². The minimum atomic E-state index is -3.65. The van der Waals surface area contributed by atoms with Gasteiger partial charge in [-0.2, -0.15) is 0 Å². The Morgan fingerprint density at radius 3 is 2.47 bits per heavy atom. The number of sulfone groups is 1. The van der Waals surface area contributed by atoms with Crippen LogP contribution in [0.1, 0.15) is 6.92 Å². The largest absolute Gasteiger partial charge is 0.399 e. The van der Waals surface area contributed by atoms with Crippen molar-refractivity contribution in [1.82, 2.24) is 5.32 Å². The molecule has 0 saturated heterocycles. The third-order valence-electron chi connectivity index (χ3n) is 2.38. The highest BCUT2D eigenvalue weighted by Crippen LogP contribution is 2.13. The maximum atomic E-state index is 12.0. The number of amides is 1. The van der Waals surface area contributed by atoms with Gasteiger partial charge in [-0.15, -0.1) is 0 Å². The molecule has 19 heavy (non-hydrogen) atoms. The molecule has 0 bridgehead atoms. The molecule has 0 aromatic heterocycles. The van der Waals surface area contributed by atoms with Crippen LogP contribution in [0.3, 0.4) is 0 Å². The highest BCUT2D eigenvalue weighted by atomic mass is 32.2. The van der Waals surface area contributed by atoms with Gasteiger partial charge in [-0.05, 0) is 31.2 Å². The lowest BCUT2D eigenvalue weighted by molar-refractivity contribution is -0.119. The van der Waals surface area contributed by atoms with Crippen LogP contribution in [0.4, 0.5) is 5.69 Å². The third-order valence-corrected chi connectivity index (χ3v) is 4.02. The Hall–Kier alpha value is -1.60. The van der Waals surface area contributed by atoms with Crippen LogP contribution in [0.5, 0.6) is 0 Å². The zero-order valence-corrected chi connectivity index (χ0v) is 11.7. The number of hydrogen-bond donors (Lipinski definition) is 2. The predicted octanol–water partition coefficient (Wildman–Crippen LogP) is 0.194. The smallest absolute Gasteiger partial charge is 0.235 e. The number of nitrogens with one attached hydrogen (secondary N) is 1. The molecule has 0 saturated carbocycles. The molecular weight excluding hydrogens is 268 g/mol. The molecule has 1 atom stereocenters. The minimum absolute atomic E-state index is 0.0799. The normalized spacial score (nSPS) is 12.9. The van der Waals surface area contributed by atoms with E-state index >= 15 is 0 Å². The highest BCUT2D eigenvalue weighted by molar-refractivity contribution is 7.92. The summed E-state index contributed by atoms with van der Waals surface area (Å²) in [6.45, 7) is 2.06. The molecule has 0 aliphatic carbocycles. The van der Waals surface area contributed by atoms with Gasteiger partial charge in [-0.25, -0.2) is 8.42 Å². The van der Waals surface area contributed by atoms with Crippen LogP contribution in [0, 0.1) is 0 Å². The first-order chi connectivity index (χ1) is 8.85. The fourth-order valence-corrected chi connectivity index (χ4v) is 2.69. The van der Waals surface area contributed by atoms with Gasteiger partial charge in [0.15, 0.2) is 9.84 Å². The second kappa shape index (κ2) is 6.53. The fraction of sp³-hybridized carbons (Fsp3) is 0.417. The van der Waals surface area contributed by atoms with Crippen LogP contribution in [0.25, 0.3) is 0 Å². The van der Waals surface area contributed by atoms with Crippen molar-refractivity contribution in [1.29, 1.82) is 0 Å². The number of anilines is 1. The van der Waals surface area contributed by atoms with E-state index in [1.54, 1.807) is 6.92 Å². The Labute approximate surface area is 112 Å². The van der Waals surface area contributed by atoms with Crippen LogP contribution >= 0.6 is 0 Å². The SMILES string of the molecule is COCC(C)NC(=O)CS(=O)(=O)c1ccc(N)cc1. The second-order valence-electron chi connectivity index (χ2n) is 4.25. The molecule has 1 unspecified atom stereocenters. The molecule has 3 N–H and O–H groups in total. The van der Waals surface area contributed by atoms with Gasteiger partial charge in [-0.1, -0.05) is 0 Å². The molecule has 1 amide bonds. The molecule has 1 rings (SSSR count). The molecule has 0 radical (unpaired) electrons. The van der Waals surface area contributed by atoms with E-state index in [0.29, 0.717) is 12.3 Å². The number of nitrogens with two attached hydrogens (primary N) is 1. The topological polar surface area (TPSA) is 98.5 Å². The van der Waals surface area contributed by atoms with Gasteiger partial charge in [0.25, 0.3) is 0 Å². The quantitative estimate of drug-likeness (QED) is 0.728. The van der Waals surface area contributed by atoms with Crippen LogP contribution in [-0.2, 0) is 19.4 Å². The Morgan fingerprint density at radius 1 is 1.37 bits per heavy atom. The van der Waals surface area contributed by atoms with Crippen LogP contribution in [0.2, 0.25) is 0 Å². The maximum Gasteiger partial charge on any atom is 0.235 e. The van der Waals surface area contributed by atoms with Gasteiger partial charge >= 0.3 is 0 Å². The van der Waals surface area contributed by atoms with E-state index in [1.165, 1.54) is 31.4 Å². The van der Waals surface area contributed by atoms with Gasteiger partial charge in [0.05, 0.1) is 11.5 Å². The fourth-order valence-electron chi connectivity index (χ4n) is 1.54. The number of rotatable bonds is 6. The van der Waals surface area contributed by atoms with Crippen molar-refractivity contribution < 1.29 is 17.9 Å².